The predicted molar refractivity (Wildman–Crippen MR) is 56.0 cm³/mol. The van der Waals surface area contributed by atoms with Gasteiger partial charge in [-0.25, -0.2) is 0 Å². The Morgan fingerprint density at radius 3 is 2.93 bits per heavy atom. The summed E-state index contributed by atoms with van der Waals surface area (Å²) in [5, 5.41) is 11.5. The molecule has 0 fully saturated rings. The molecule has 0 radical (unpaired) electrons. The van der Waals surface area contributed by atoms with E-state index in [1.807, 2.05) is 6.92 Å². The number of rotatable bonds is 5. The second-order valence-corrected chi connectivity index (χ2v) is 3.92. The van der Waals surface area contributed by atoms with E-state index in [0.717, 1.165) is 17.8 Å². The van der Waals surface area contributed by atoms with Crippen molar-refractivity contribution in [2.24, 2.45) is 5.73 Å². The summed E-state index contributed by atoms with van der Waals surface area (Å²) in [6.45, 7) is 2.41. The highest BCUT2D eigenvalue weighted by atomic mass is 32.1. The molecule has 1 aromatic heterocycles. The molecule has 6 heteroatoms. The third kappa shape index (κ3) is 3.39. The first kappa shape index (κ1) is 11.1. The van der Waals surface area contributed by atoms with Gasteiger partial charge in [-0.15, -0.1) is 10.2 Å². The minimum absolute atomic E-state index is 0.00780. The number of aromatic nitrogens is 2. The molecule has 0 atom stereocenters. The Hall–Kier alpha value is -1.01. The number of unbranched alkanes of at least 4 members (excludes halogenated alkanes) is 1. The van der Waals surface area contributed by atoms with Crippen LogP contribution in [0, 0.1) is 0 Å². The quantitative estimate of drug-likeness (QED) is 0.769. The first-order valence-corrected chi connectivity index (χ1v) is 5.40. The lowest BCUT2D eigenvalue weighted by Gasteiger charge is -1.98. The molecule has 1 heterocycles. The van der Waals surface area contributed by atoms with Crippen molar-refractivity contribution in [3.8, 4) is 0 Å². The van der Waals surface area contributed by atoms with Crippen LogP contribution in [0.15, 0.2) is 0 Å². The van der Waals surface area contributed by atoms with Crippen molar-refractivity contribution in [2.45, 2.75) is 32.7 Å². The largest absolute Gasteiger partial charge is 0.324 e. The highest BCUT2D eigenvalue weighted by Crippen LogP contribution is 2.14. The zero-order chi connectivity index (χ0) is 10.4. The number of nitrogens with zero attached hydrogens (tertiary/aromatic N) is 2. The summed E-state index contributed by atoms with van der Waals surface area (Å²) in [6.07, 6.45) is 2.44. The molecule has 0 spiro atoms. The summed E-state index contributed by atoms with van der Waals surface area (Å²) in [4.78, 5) is 11.3. The highest BCUT2D eigenvalue weighted by molar-refractivity contribution is 7.15. The molecule has 78 valence electrons. The van der Waals surface area contributed by atoms with Crippen LogP contribution in [-0.4, -0.2) is 16.1 Å². The van der Waals surface area contributed by atoms with Gasteiger partial charge in [0, 0.05) is 13.0 Å². The second-order valence-electron chi connectivity index (χ2n) is 2.86. The van der Waals surface area contributed by atoms with Crippen LogP contribution in [0.4, 0.5) is 5.13 Å². The van der Waals surface area contributed by atoms with Crippen LogP contribution in [0.1, 0.15) is 31.2 Å². The van der Waals surface area contributed by atoms with Gasteiger partial charge in [-0.1, -0.05) is 24.7 Å². The van der Waals surface area contributed by atoms with E-state index in [1.54, 1.807) is 0 Å². The maximum Gasteiger partial charge on any atom is 0.226 e. The summed E-state index contributed by atoms with van der Waals surface area (Å²) >= 11 is 1.32. The number of carbonyl (C=O) groups excluding carboxylic acids is 1. The fourth-order valence-electron chi connectivity index (χ4n) is 0.906. The molecule has 14 heavy (non-hydrogen) atoms. The van der Waals surface area contributed by atoms with Gasteiger partial charge in [0.2, 0.25) is 11.0 Å². The number of amides is 1. The van der Waals surface area contributed by atoms with Crippen LogP contribution in [0.2, 0.25) is 0 Å². The van der Waals surface area contributed by atoms with Crippen LogP contribution in [0.5, 0.6) is 0 Å². The van der Waals surface area contributed by atoms with Crippen molar-refractivity contribution in [2.75, 3.05) is 5.32 Å². The van der Waals surface area contributed by atoms with E-state index < -0.39 is 0 Å². The predicted octanol–water partition coefficient (Wildman–Crippen LogP) is 1.13. The lowest BCUT2D eigenvalue weighted by molar-refractivity contribution is -0.116. The Labute approximate surface area is 86.7 Å². The number of nitrogens with two attached hydrogens (primary N) is 1. The lowest BCUT2D eigenvalue weighted by atomic mass is 10.2. The molecular weight excluding hydrogens is 200 g/mol. The summed E-state index contributed by atoms with van der Waals surface area (Å²) in [5.74, 6) is -0.00780. The zero-order valence-corrected chi connectivity index (χ0v) is 8.93. The van der Waals surface area contributed by atoms with Crippen LogP contribution >= 0.6 is 11.3 Å². The maximum atomic E-state index is 11.3. The highest BCUT2D eigenvalue weighted by Gasteiger charge is 2.06. The molecule has 0 saturated heterocycles. The smallest absolute Gasteiger partial charge is 0.226 e. The van der Waals surface area contributed by atoms with E-state index in [0.29, 0.717) is 18.1 Å². The first-order chi connectivity index (χ1) is 6.76. The number of carbonyl (C=O) groups is 1. The van der Waals surface area contributed by atoms with E-state index in [-0.39, 0.29) is 5.91 Å². The third-order valence-corrected chi connectivity index (χ3v) is 2.51. The third-order valence-electron chi connectivity index (χ3n) is 1.65. The van der Waals surface area contributed by atoms with E-state index in [9.17, 15) is 4.79 Å². The second kappa shape index (κ2) is 5.66. The van der Waals surface area contributed by atoms with Gasteiger partial charge in [0.1, 0.15) is 5.01 Å². The Morgan fingerprint density at radius 1 is 1.57 bits per heavy atom. The van der Waals surface area contributed by atoms with Crippen LogP contribution in [0.25, 0.3) is 0 Å². The van der Waals surface area contributed by atoms with Crippen molar-refractivity contribution in [1.82, 2.24) is 10.2 Å². The van der Waals surface area contributed by atoms with Gasteiger partial charge < -0.3 is 11.1 Å². The van der Waals surface area contributed by atoms with Crippen molar-refractivity contribution >= 4 is 22.4 Å². The van der Waals surface area contributed by atoms with Gasteiger partial charge in [0.15, 0.2) is 0 Å². The monoisotopic (exact) mass is 214 g/mol. The van der Waals surface area contributed by atoms with E-state index in [4.69, 9.17) is 5.73 Å². The van der Waals surface area contributed by atoms with Crippen LogP contribution in [-0.2, 0) is 11.3 Å². The number of hydrogen-bond acceptors (Lipinski definition) is 5. The Bertz CT molecular complexity index is 299. The van der Waals surface area contributed by atoms with Crippen LogP contribution in [0.3, 0.4) is 0 Å². The summed E-state index contributed by atoms with van der Waals surface area (Å²) < 4.78 is 0. The molecule has 5 nitrogen and oxygen atoms in total. The fourth-order valence-corrected chi connectivity index (χ4v) is 1.54. The summed E-state index contributed by atoms with van der Waals surface area (Å²) in [7, 11) is 0. The average molecular weight is 214 g/mol. The molecule has 3 N–H and O–H groups in total. The van der Waals surface area contributed by atoms with Gasteiger partial charge in [0.05, 0.1) is 0 Å². The maximum absolute atomic E-state index is 11.3. The zero-order valence-electron chi connectivity index (χ0n) is 8.12. The molecule has 0 unspecified atom stereocenters. The molecule has 0 aliphatic carbocycles. The number of nitrogens with one attached hydrogen (secondary N) is 1. The molecule has 0 aromatic carbocycles. The van der Waals surface area contributed by atoms with E-state index in [1.165, 1.54) is 11.3 Å². The standard InChI is InChI=1S/C8H14N4OS/c1-2-3-4-6(13)10-8-12-11-7(5-9)14-8/h2-5,9H2,1H3,(H,10,12,13). The van der Waals surface area contributed by atoms with Gasteiger partial charge in [-0.3, -0.25) is 4.79 Å². The SMILES string of the molecule is CCCCC(=O)Nc1nnc(CN)s1. The molecule has 0 bridgehead atoms. The average Bonchev–Trinajstić information content (AvgIpc) is 2.62. The molecule has 1 amide bonds. The molecule has 1 aromatic rings. The molecule has 0 aliphatic rings. The van der Waals surface area contributed by atoms with Crippen molar-refractivity contribution in [3.63, 3.8) is 0 Å². The van der Waals surface area contributed by atoms with Crippen LogP contribution < -0.4 is 11.1 Å². The minimum atomic E-state index is -0.00780. The molecular formula is C8H14N4OS. The van der Waals surface area contributed by atoms with Crippen molar-refractivity contribution < 1.29 is 4.79 Å². The van der Waals surface area contributed by atoms with Gasteiger partial charge in [0.25, 0.3) is 0 Å². The van der Waals surface area contributed by atoms with E-state index >= 15 is 0 Å². The lowest BCUT2D eigenvalue weighted by Crippen LogP contribution is -2.10. The Morgan fingerprint density at radius 2 is 2.36 bits per heavy atom. The minimum Gasteiger partial charge on any atom is -0.324 e. The Balaban J connectivity index is 2.39. The molecule has 0 saturated carbocycles. The number of hydrogen-bond donors (Lipinski definition) is 2. The van der Waals surface area contributed by atoms with Gasteiger partial charge in [-0.05, 0) is 6.42 Å². The first-order valence-electron chi connectivity index (χ1n) is 4.58. The molecule has 0 aliphatic heterocycles. The Kier molecular flexibility index (Phi) is 4.48. The molecule has 1 rings (SSSR count). The fraction of sp³-hybridized carbons (Fsp3) is 0.625. The van der Waals surface area contributed by atoms with Crippen molar-refractivity contribution in [1.29, 1.82) is 0 Å². The number of anilines is 1. The summed E-state index contributed by atoms with van der Waals surface area (Å²) in [5.41, 5.74) is 5.37. The van der Waals surface area contributed by atoms with Gasteiger partial charge >= 0.3 is 0 Å². The normalized spacial score (nSPS) is 10.1. The van der Waals surface area contributed by atoms with Crippen molar-refractivity contribution in [3.05, 3.63) is 5.01 Å². The summed E-state index contributed by atoms with van der Waals surface area (Å²) in [6, 6.07) is 0. The van der Waals surface area contributed by atoms with Gasteiger partial charge in [-0.2, -0.15) is 0 Å². The van der Waals surface area contributed by atoms with E-state index in [2.05, 4.69) is 15.5 Å². The topological polar surface area (TPSA) is 80.9 Å².